The standard InChI is InChI=1S/C22H39N5O2/c1-4-19-18(20(5-2)29-26-19)15-24-21(23-3)25-16-22(9-7-6-8-10-22)17-27-11-13-28-14-12-27/h4-17H2,1-3H3,(H2,23,24,25). The molecule has 1 aliphatic heterocycles. The van der Waals surface area contributed by atoms with Crippen LogP contribution in [0.5, 0.6) is 0 Å². The van der Waals surface area contributed by atoms with Gasteiger partial charge in [-0.05, 0) is 19.3 Å². The highest BCUT2D eigenvalue weighted by atomic mass is 16.5. The number of nitrogens with one attached hydrogen (secondary N) is 2. The highest BCUT2D eigenvalue weighted by molar-refractivity contribution is 5.79. The Morgan fingerprint density at radius 3 is 2.52 bits per heavy atom. The molecule has 1 aromatic rings. The third-order valence-corrected chi connectivity index (χ3v) is 6.47. The van der Waals surface area contributed by atoms with Crippen molar-refractivity contribution >= 4 is 5.96 Å². The average molecular weight is 406 g/mol. The maximum Gasteiger partial charge on any atom is 0.191 e. The van der Waals surface area contributed by atoms with E-state index in [9.17, 15) is 0 Å². The Morgan fingerprint density at radius 2 is 1.86 bits per heavy atom. The van der Waals surface area contributed by atoms with Gasteiger partial charge in [-0.2, -0.15) is 0 Å². The molecule has 1 aliphatic carbocycles. The summed E-state index contributed by atoms with van der Waals surface area (Å²) < 4.78 is 11.0. The zero-order valence-electron chi connectivity index (χ0n) is 18.6. The molecule has 1 saturated heterocycles. The number of aryl methyl sites for hydroxylation is 2. The van der Waals surface area contributed by atoms with Gasteiger partial charge in [-0.3, -0.25) is 9.89 Å². The van der Waals surface area contributed by atoms with E-state index in [1.54, 1.807) is 0 Å². The number of aromatic nitrogens is 1. The minimum atomic E-state index is 0.327. The Kier molecular flexibility index (Phi) is 8.36. The quantitative estimate of drug-likeness (QED) is 0.512. The Balaban J connectivity index is 1.58. The van der Waals surface area contributed by atoms with Crippen LogP contribution in [0, 0.1) is 5.41 Å². The number of guanidine groups is 1. The summed E-state index contributed by atoms with van der Waals surface area (Å²) in [6.07, 6.45) is 8.36. The fourth-order valence-corrected chi connectivity index (χ4v) is 4.73. The molecule has 0 bridgehead atoms. The lowest BCUT2D eigenvalue weighted by Crippen LogP contribution is -2.51. The van der Waals surface area contributed by atoms with Gasteiger partial charge < -0.3 is 19.9 Å². The Morgan fingerprint density at radius 1 is 1.10 bits per heavy atom. The fourth-order valence-electron chi connectivity index (χ4n) is 4.73. The van der Waals surface area contributed by atoms with Gasteiger partial charge in [-0.1, -0.05) is 38.3 Å². The van der Waals surface area contributed by atoms with Gasteiger partial charge in [-0.15, -0.1) is 0 Å². The largest absolute Gasteiger partial charge is 0.379 e. The molecule has 2 aliphatic rings. The van der Waals surface area contributed by atoms with Gasteiger partial charge in [0.05, 0.1) is 18.9 Å². The van der Waals surface area contributed by atoms with Crippen LogP contribution in [0.1, 0.15) is 63.0 Å². The van der Waals surface area contributed by atoms with Crippen molar-refractivity contribution in [3.8, 4) is 0 Å². The molecule has 7 heteroatoms. The zero-order chi connectivity index (χ0) is 20.5. The molecule has 2 N–H and O–H groups in total. The second-order valence-corrected chi connectivity index (χ2v) is 8.47. The Labute approximate surface area is 175 Å². The van der Waals surface area contributed by atoms with E-state index in [4.69, 9.17) is 9.26 Å². The number of rotatable bonds is 8. The number of aliphatic imine (C=N–C) groups is 1. The van der Waals surface area contributed by atoms with E-state index in [0.29, 0.717) is 12.0 Å². The summed E-state index contributed by atoms with van der Waals surface area (Å²) in [5.41, 5.74) is 2.55. The molecule has 2 heterocycles. The van der Waals surface area contributed by atoms with Gasteiger partial charge in [-0.25, -0.2) is 0 Å². The van der Waals surface area contributed by atoms with Gasteiger partial charge in [0.25, 0.3) is 0 Å². The summed E-state index contributed by atoms with van der Waals surface area (Å²) >= 11 is 0. The first-order chi connectivity index (χ1) is 14.2. The number of morpholine rings is 1. The maximum atomic E-state index is 5.54. The highest BCUT2D eigenvalue weighted by Gasteiger charge is 2.34. The van der Waals surface area contributed by atoms with E-state index < -0.39 is 0 Å². The van der Waals surface area contributed by atoms with Crippen molar-refractivity contribution in [3.63, 3.8) is 0 Å². The van der Waals surface area contributed by atoms with Crippen LogP contribution >= 0.6 is 0 Å². The molecule has 164 valence electrons. The third-order valence-electron chi connectivity index (χ3n) is 6.47. The minimum Gasteiger partial charge on any atom is -0.379 e. The van der Waals surface area contributed by atoms with Crippen LogP contribution in [-0.2, 0) is 24.1 Å². The number of nitrogens with zero attached hydrogens (tertiary/aromatic N) is 3. The van der Waals surface area contributed by atoms with Crippen molar-refractivity contribution in [2.75, 3.05) is 46.4 Å². The maximum absolute atomic E-state index is 5.54. The average Bonchev–Trinajstić information content (AvgIpc) is 3.17. The first kappa shape index (κ1) is 22.1. The molecule has 0 spiro atoms. The molecule has 0 aromatic carbocycles. The van der Waals surface area contributed by atoms with Crippen molar-refractivity contribution in [2.24, 2.45) is 10.4 Å². The summed E-state index contributed by atoms with van der Waals surface area (Å²) in [5.74, 6) is 1.84. The van der Waals surface area contributed by atoms with Crippen molar-refractivity contribution in [2.45, 2.75) is 65.3 Å². The molecule has 2 fully saturated rings. The van der Waals surface area contributed by atoms with Crippen LogP contribution < -0.4 is 10.6 Å². The molecule has 3 rings (SSSR count). The number of hydrogen-bond acceptors (Lipinski definition) is 5. The number of hydrogen-bond donors (Lipinski definition) is 2. The van der Waals surface area contributed by atoms with Gasteiger partial charge in [0.15, 0.2) is 5.96 Å². The molecule has 0 unspecified atom stereocenters. The first-order valence-electron chi connectivity index (χ1n) is 11.4. The van der Waals surface area contributed by atoms with Crippen LogP contribution in [0.3, 0.4) is 0 Å². The lowest BCUT2D eigenvalue weighted by atomic mass is 9.73. The van der Waals surface area contributed by atoms with Crippen LogP contribution in [0.4, 0.5) is 0 Å². The van der Waals surface area contributed by atoms with Crippen LogP contribution in [0.2, 0.25) is 0 Å². The molecule has 7 nitrogen and oxygen atoms in total. The van der Waals surface area contributed by atoms with E-state index in [0.717, 1.165) is 69.6 Å². The summed E-state index contributed by atoms with van der Waals surface area (Å²) in [5, 5.41) is 11.3. The summed E-state index contributed by atoms with van der Waals surface area (Å²) in [6.45, 7) is 10.9. The molecule has 1 saturated carbocycles. The van der Waals surface area contributed by atoms with Crippen molar-refractivity contribution < 1.29 is 9.26 Å². The second kappa shape index (κ2) is 11.0. The normalized spacial score (nSPS) is 20.6. The summed E-state index contributed by atoms with van der Waals surface area (Å²) in [6, 6.07) is 0. The minimum absolute atomic E-state index is 0.327. The fraction of sp³-hybridized carbons (Fsp3) is 0.818. The van der Waals surface area contributed by atoms with E-state index in [2.05, 4.69) is 39.5 Å². The first-order valence-corrected chi connectivity index (χ1v) is 11.4. The monoisotopic (exact) mass is 405 g/mol. The second-order valence-electron chi connectivity index (χ2n) is 8.47. The third kappa shape index (κ3) is 5.95. The summed E-state index contributed by atoms with van der Waals surface area (Å²) in [7, 11) is 1.85. The lowest BCUT2D eigenvalue weighted by molar-refractivity contribution is 0.00820. The van der Waals surface area contributed by atoms with Crippen LogP contribution in [0.15, 0.2) is 9.52 Å². The van der Waals surface area contributed by atoms with Gasteiger partial charge in [0.2, 0.25) is 0 Å². The van der Waals surface area contributed by atoms with E-state index in [1.807, 2.05) is 7.05 Å². The number of ether oxygens (including phenoxy) is 1. The zero-order valence-corrected chi connectivity index (χ0v) is 18.6. The molecular weight excluding hydrogens is 366 g/mol. The van der Waals surface area contributed by atoms with E-state index >= 15 is 0 Å². The van der Waals surface area contributed by atoms with Crippen molar-refractivity contribution in [1.82, 2.24) is 20.7 Å². The van der Waals surface area contributed by atoms with Crippen LogP contribution in [-0.4, -0.2) is 62.5 Å². The van der Waals surface area contributed by atoms with Crippen LogP contribution in [0.25, 0.3) is 0 Å². The van der Waals surface area contributed by atoms with E-state index in [-0.39, 0.29) is 0 Å². The Hall–Kier alpha value is -1.60. The lowest BCUT2D eigenvalue weighted by Gasteiger charge is -2.42. The topological polar surface area (TPSA) is 74.9 Å². The van der Waals surface area contributed by atoms with Gasteiger partial charge in [0, 0.05) is 57.2 Å². The molecule has 0 amide bonds. The highest BCUT2D eigenvalue weighted by Crippen LogP contribution is 2.36. The SMILES string of the molecule is CCc1noc(CC)c1CNC(=NC)NCC1(CN2CCOCC2)CCCCC1. The molecule has 0 radical (unpaired) electrons. The summed E-state index contributed by atoms with van der Waals surface area (Å²) in [4.78, 5) is 7.06. The van der Waals surface area contributed by atoms with E-state index in [1.165, 1.54) is 37.7 Å². The molecule has 0 atom stereocenters. The molecule has 1 aromatic heterocycles. The van der Waals surface area contributed by atoms with Gasteiger partial charge >= 0.3 is 0 Å². The Bertz CT molecular complexity index is 624. The smallest absolute Gasteiger partial charge is 0.191 e. The van der Waals surface area contributed by atoms with Gasteiger partial charge in [0.1, 0.15) is 5.76 Å². The predicted molar refractivity (Wildman–Crippen MR) is 116 cm³/mol. The predicted octanol–water partition coefficient (Wildman–Crippen LogP) is 2.75. The van der Waals surface area contributed by atoms with Crippen molar-refractivity contribution in [1.29, 1.82) is 0 Å². The molecule has 29 heavy (non-hydrogen) atoms. The molecular formula is C22H39N5O2. The van der Waals surface area contributed by atoms with Crippen molar-refractivity contribution in [3.05, 3.63) is 17.0 Å².